The number of ether oxygens (including phenoxy) is 2. The van der Waals surface area contributed by atoms with Crippen molar-refractivity contribution in [2.24, 2.45) is 0 Å². The molecular formula is C25H36ClN3O6S. The van der Waals surface area contributed by atoms with Crippen molar-refractivity contribution in [1.29, 1.82) is 0 Å². The highest BCUT2D eigenvalue weighted by Crippen LogP contribution is 2.28. The molecule has 1 fully saturated rings. The molecule has 9 nitrogen and oxygen atoms in total. The molecule has 0 radical (unpaired) electrons. The molecule has 200 valence electrons. The second-order valence-corrected chi connectivity index (χ2v) is 11.1. The molecule has 36 heavy (non-hydrogen) atoms. The van der Waals surface area contributed by atoms with Crippen LogP contribution in [-0.2, 0) is 26.0 Å². The number of aliphatic hydroxyl groups is 1. The Morgan fingerprint density at radius 3 is 2.42 bits per heavy atom. The molecule has 1 aliphatic heterocycles. The van der Waals surface area contributed by atoms with Gasteiger partial charge in [-0.1, -0.05) is 6.07 Å². The Bertz CT molecular complexity index is 1100. The summed E-state index contributed by atoms with van der Waals surface area (Å²) >= 11 is 0. The van der Waals surface area contributed by atoms with Gasteiger partial charge in [0.1, 0.15) is 12.4 Å². The number of hydrogen-bond donors (Lipinski definition) is 1. The van der Waals surface area contributed by atoms with Crippen molar-refractivity contribution in [3.8, 4) is 5.75 Å². The number of benzene rings is 1. The van der Waals surface area contributed by atoms with Crippen LogP contribution in [0.4, 0.5) is 0 Å². The number of likely N-dealkylation sites (tertiary alicyclic amines) is 1. The van der Waals surface area contributed by atoms with Crippen LogP contribution in [0.3, 0.4) is 0 Å². The lowest BCUT2D eigenvalue weighted by atomic mass is 9.86. The van der Waals surface area contributed by atoms with E-state index in [0.29, 0.717) is 49.2 Å². The number of piperidine rings is 1. The van der Waals surface area contributed by atoms with Crippen LogP contribution in [0.1, 0.15) is 29.5 Å². The highest BCUT2D eigenvalue weighted by Gasteiger charge is 2.34. The van der Waals surface area contributed by atoms with Gasteiger partial charge in [-0.3, -0.25) is 9.78 Å². The average molecular weight is 542 g/mol. The predicted octanol–water partition coefficient (Wildman–Crippen LogP) is 2.36. The number of aryl methyl sites for hydroxylation is 2. The van der Waals surface area contributed by atoms with Crippen molar-refractivity contribution < 1.29 is 27.8 Å². The summed E-state index contributed by atoms with van der Waals surface area (Å²) in [5.74, 6) is 0.442. The minimum atomic E-state index is -3.72. The minimum Gasteiger partial charge on any atom is -0.497 e. The quantitative estimate of drug-likeness (QED) is 0.460. The van der Waals surface area contributed by atoms with Crippen LogP contribution < -0.4 is 4.74 Å². The maximum Gasteiger partial charge on any atom is 0.248 e. The van der Waals surface area contributed by atoms with Crippen molar-refractivity contribution in [1.82, 2.24) is 14.2 Å². The molecule has 1 saturated heterocycles. The topological polar surface area (TPSA) is 109 Å². The highest BCUT2D eigenvalue weighted by atomic mass is 35.5. The summed E-state index contributed by atoms with van der Waals surface area (Å²) < 4.78 is 38.1. The van der Waals surface area contributed by atoms with Crippen LogP contribution in [0.2, 0.25) is 0 Å². The van der Waals surface area contributed by atoms with E-state index in [1.807, 2.05) is 12.1 Å². The van der Waals surface area contributed by atoms with Crippen LogP contribution >= 0.6 is 12.4 Å². The summed E-state index contributed by atoms with van der Waals surface area (Å²) in [6, 6.07) is 7.17. The van der Waals surface area contributed by atoms with Gasteiger partial charge in [-0.25, -0.2) is 8.42 Å². The number of pyridine rings is 1. The van der Waals surface area contributed by atoms with E-state index in [2.05, 4.69) is 4.98 Å². The molecule has 0 unspecified atom stereocenters. The zero-order valence-corrected chi connectivity index (χ0v) is 22.9. The highest BCUT2D eigenvalue weighted by molar-refractivity contribution is 7.89. The van der Waals surface area contributed by atoms with Gasteiger partial charge < -0.3 is 19.5 Å². The number of carbonyl (C=O) groups is 1. The molecule has 0 saturated carbocycles. The van der Waals surface area contributed by atoms with Crippen molar-refractivity contribution >= 4 is 28.3 Å². The third kappa shape index (κ3) is 7.39. The molecule has 1 N–H and O–H groups in total. The lowest BCUT2D eigenvalue weighted by molar-refractivity contribution is -0.140. The Balaban J connectivity index is 0.00000456. The molecule has 1 amide bonds. The summed E-state index contributed by atoms with van der Waals surface area (Å²) in [5.41, 5.74) is 1.34. The molecule has 3 rings (SSSR count). The van der Waals surface area contributed by atoms with E-state index >= 15 is 0 Å². The number of aromatic nitrogens is 1. The molecule has 11 heteroatoms. The lowest BCUT2D eigenvalue weighted by Crippen LogP contribution is -2.48. The molecular weight excluding hydrogens is 506 g/mol. The lowest BCUT2D eigenvalue weighted by Gasteiger charge is -2.38. The summed E-state index contributed by atoms with van der Waals surface area (Å²) in [5, 5.41) is 10.9. The number of methoxy groups -OCH3 is 1. The summed E-state index contributed by atoms with van der Waals surface area (Å²) in [6.07, 6.45) is 4.92. The van der Waals surface area contributed by atoms with Crippen LogP contribution in [0.25, 0.3) is 0 Å². The standard InChI is InChI=1S/C25H35N3O6S.ClH/c1-19-14-22(33-4)15-20(2)24(19)35(31,32)27(3)12-13-34-18-23(29)28-10-7-25(30,8-11-28)16-21-6-5-9-26-17-21;/h5-6,9,14-15,17,30H,7-8,10-13,16,18H2,1-4H3;1H. The van der Waals surface area contributed by atoms with E-state index in [-0.39, 0.29) is 43.0 Å². The fraction of sp³-hybridized carbons (Fsp3) is 0.520. The molecule has 2 heterocycles. The molecule has 1 aromatic heterocycles. The van der Waals surface area contributed by atoms with Crippen LogP contribution in [0, 0.1) is 13.8 Å². The second-order valence-electron chi connectivity index (χ2n) is 9.11. The Labute approximate surface area is 219 Å². The number of carbonyl (C=O) groups excluding carboxylic acids is 1. The van der Waals surface area contributed by atoms with E-state index in [1.54, 1.807) is 50.4 Å². The Morgan fingerprint density at radius 2 is 1.86 bits per heavy atom. The molecule has 2 aromatic rings. The van der Waals surface area contributed by atoms with E-state index in [4.69, 9.17) is 9.47 Å². The van der Waals surface area contributed by atoms with Gasteiger partial charge in [0.05, 0.1) is 24.2 Å². The van der Waals surface area contributed by atoms with Crippen LogP contribution in [0.5, 0.6) is 5.75 Å². The normalized spacial score (nSPS) is 15.4. The van der Waals surface area contributed by atoms with Crippen molar-refractivity contribution in [3.63, 3.8) is 0 Å². The van der Waals surface area contributed by atoms with Crippen molar-refractivity contribution in [3.05, 3.63) is 53.3 Å². The molecule has 1 aromatic carbocycles. The molecule has 1 aliphatic rings. The molecule has 0 atom stereocenters. The SMILES string of the molecule is COc1cc(C)c(S(=O)(=O)N(C)CCOCC(=O)N2CCC(O)(Cc3cccnc3)CC2)c(C)c1.Cl. The van der Waals surface area contributed by atoms with Crippen molar-refractivity contribution in [2.75, 3.05) is 47.0 Å². The summed E-state index contributed by atoms with van der Waals surface area (Å²) in [4.78, 5) is 18.6. The third-order valence-electron chi connectivity index (χ3n) is 6.42. The summed E-state index contributed by atoms with van der Waals surface area (Å²) in [6.45, 7) is 4.45. The zero-order chi connectivity index (χ0) is 25.6. The zero-order valence-electron chi connectivity index (χ0n) is 21.3. The van der Waals surface area contributed by atoms with Gasteiger partial charge in [-0.2, -0.15) is 4.31 Å². The Kier molecular flexibility index (Phi) is 10.7. The van der Waals surface area contributed by atoms with Crippen LogP contribution in [0.15, 0.2) is 41.6 Å². The van der Waals surface area contributed by atoms with Crippen LogP contribution in [-0.4, -0.2) is 86.2 Å². The number of halogens is 1. The number of amides is 1. The van der Waals surface area contributed by atoms with Gasteiger partial charge in [-0.05, 0) is 61.6 Å². The molecule has 0 aliphatic carbocycles. The Morgan fingerprint density at radius 1 is 1.22 bits per heavy atom. The van der Waals surface area contributed by atoms with E-state index in [1.165, 1.54) is 11.4 Å². The number of likely N-dealkylation sites (N-methyl/N-ethyl adjacent to an activating group) is 1. The molecule has 0 bridgehead atoms. The van der Waals surface area contributed by atoms with Gasteiger partial charge in [0.15, 0.2) is 0 Å². The predicted molar refractivity (Wildman–Crippen MR) is 139 cm³/mol. The monoisotopic (exact) mass is 541 g/mol. The number of sulfonamides is 1. The first kappa shape index (κ1) is 30.0. The van der Waals surface area contributed by atoms with Gasteiger partial charge in [0.2, 0.25) is 15.9 Å². The fourth-order valence-electron chi connectivity index (χ4n) is 4.39. The van der Waals surface area contributed by atoms with E-state index in [0.717, 1.165) is 5.56 Å². The first-order valence-corrected chi connectivity index (χ1v) is 13.1. The number of rotatable bonds is 10. The van der Waals surface area contributed by atoms with Gasteiger partial charge in [0.25, 0.3) is 0 Å². The Hall–Kier alpha value is -2.24. The first-order valence-electron chi connectivity index (χ1n) is 11.6. The summed E-state index contributed by atoms with van der Waals surface area (Å²) in [7, 11) is -0.676. The van der Waals surface area contributed by atoms with E-state index < -0.39 is 15.6 Å². The van der Waals surface area contributed by atoms with Crippen molar-refractivity contribution in [2.45, 2.75) is 43.6 Å². The van der Waals surface area contributed by atoms with Gasteiger partial charge in [-0.15, -0.1) is 12.4 Å². The number of hydrogen-bond acceptors (Lipinski definition) is 7. The van der Waals surface area contributed by atoms with E-state index in [9.17, 15) is 18.3 Å². The largest absolute Gasteiger partial charge is 0.497 e. The van der Waals surface area contributed by atoms with Gasteiger partial charge >= 0.3 is 0 Å². The first-order chi connectivity index (χ1) is 16.6. The van der Waals surface area contributed by atoms with Gasteiger partial charge in [0, 0.05) is 45.5 Å². The minimum absolute atomic E-state index is 0. The smallest absolute Gasteiger partial charge is 0.248 e. The molecule has 0 spiro atoms. The maximum atomic E-state index is 13.1. The third-order valence-corrected chi connectivity index (χ3v) is 8.58. The average Bonchev–Trinajstić information content (AvgIpc) is 2.81. The second kappa shape index (κ2) is 12.8. The fourth-order valence-corrected chi connectivity index (χ4v) is 5.95. The number of nitrogens with zero attached hydrogens (tertiary/aromatic N) is 3. The maximum absolute atomic E-state index is 13.1.